The zero-order valence-electron chi connectivity index (χ0n) is 15.3. The molecule has 1 aromatic carbocycles. The van der Waals surface area contributed by atoms with Crippen molar-refractivity contribution in [3.8, 4) is 0 Å². The fourth-order valence-corrected chi connectivity index (χ4v) is 5.23. The Balaban J connectivity index is 1.58. The quantitative estimate of drug-likeness (QED) is 0.682. The summed E-state index contributed by atoms with van der Waals surface area (Å²) in [6, 6.07) is 4.78. The smallest absolute Gasteiger partial charge is 0.255 e. The van der Waals surface area contributed by atoms with Gasteiger partial charge in [-0.05, 0) is 24.5 Å². The van der Waals surface area contributed by atoms with E-state index in [1.807, 2.05) is 0 Å². The maximum atomic E-state index is 13.1. The largest absolute Gasteiger partial charge is 0.322 e. The van der Waals surface area contributed by atoms with E-state index in [4.69, 9.17) is 23.2 Å². The molecule has 1 fully saturated rings. The van der Waals surface area contributed by atoms with Crippen molar-refractivity contribution in [2.75, 3.05) is 5.32 Å². The maximum absolute atomic E-state index is 13.1. The molecule has 2 amide bonds. The average molecular weight is 438 g/mol. The number of carbonyl (C=O) groups excluding carboxylic acids is 2. The first-order valence-corrected chi connectivity index (χ1v) is 11.1. The van der Waals surface area contributed by atoms with Crippen molar-refractivity contribution in [2.45, 2.75) is 51.1 Å². The number of aromatic nitrogens is 1. The first-order valence-electron chi connectivity index (χ1n) is 9.53. The fourth-order valence-electron chi connectivity index (χ4n) is 4.18. The predicted octanol–water partition coefficient (Wildman–Crippen LogP) is 5.38. The number of hydrogen-bond donors (Lipinski definition) is 1. The van der Waals surface area contributed by atoms with Gasteiger partial charge in [-0.1, -0.05) is 72.7 Å². The molecular formula is C20H21Cl2N3O2S. The minimum Gasteiger partial charge on any atom is -0.322 e. The number of nitrogens with zero attached hydrogens (tertiary/aromatic N) is 2. The Bertz CT molecular complexity index is 895. The molecule has 0 bridgehead atoms. The molecule has 1 atom stereocenters. The lowest BCUT2D eigenvalue weighted by molar-refractivity contribution is -0.121. The van der Waals surface area contributed by atoms with Gasteiger partial charge in [-0.15, -0.1) is 0 Å². The standard InChI is InChI=1S/C20H21Cl2N3O2S/c21-15-8-4-7-13-14(15)11-25(19(13)27)16(9-12-5-2-1-3-6-12)18(26)24-20-23-10-17(22)28-20/h4,7-8,10,12,16H,1-3,5-6,9,11H2,(H,23,24,26)/t16-/m0/s1. The van der Waals surface area contributed by atoms with E-state index >= 15 is 0 Å². The molecule has 1 saturated carbocycles. The molecule has 0 saturated heterocycles. The molecule has 1 aliphatic heterocycles. The Labute approximate surface area is 178 Å². The van der Waals surface area contributed by atoms with Gasteiger partial charge >= 0.3 is 0 Å². The van der Waals surface area contributed by atoms with Crippen LogP contribution < -0.4 is 5.32 Å². The number of hydrogen-bond acceptors (Lipinski definition) is 4. The van der Waals surface area contributed by atoms with Gasteiger partial charge in [-0.3, -0.25) is 9.59 Å². The summed E-state index contributed by atoms with van der Waals surface area (Å²) in [6.45, 7) is 0.358. The minimum atomic E-state index is -0.554. The first-order chi connectivity index (χ1) is 13.5. The van der Waals surface area contributed by atoms with Crippen molar-refractivity contribution in [2.24, 2.45) is 5.92 Å². The number of nitrogens with one attached hydrogen (secondary N) is 1. The zero-order valence-corrected chi connectivity index (χ0v) is 17.6. The summed E-state index contributed by atoms with van der Waals surface area (Å²) in [7, 11) is 0. The third kappa shape index (κ3) is 4.04. The SMILES string of the molecule is O=C(Nc1ncc(Cl)s1)[C@H](CC1CCCCC1)N1Cc2c(Cl)cccc2C1=O. The molecule has 8 heteroatoms. The topological polar surface area (TPSA) is 62.3 Å². The Morgan fingerprint density at radius 3 is 2.75 bits per heavy atom. The molecule has 0 radical (unpaired) electrons. The van der Waals surface area contributed by atoms with E-state index in [0.29, 0.717) is 38.9 Å². The van der Waals surface area contributed by atoms with Gasteiger partial charge in [0, 0.05) is 22.7 Å². The van der Waals surface area contributed by atoms with E-state index in [1.54, 1.807) is 23.1 Å². The molecule has 28 heavy (non-hydrogen) atoms. The Morgan fingerprint density at radius 2 is 2.07 bits per heavy atom. The number of thiazole rings is 1. The number of fused-ring (bicyclic) bond motifs is 1. The van der Waals surface area contributed by atoms with Gasteiger partial charge in [0.25, 0.3) is 5.91 Å². The van der Waals surface area contributed by atoms with Crippen LogP contribution in [0.2, 0.25) is 9.36 Å². The lowest BCUT2D eigenvalue weighted by Crippen LogP contribution is -2.45. The highest BCUT2D eigenvalue weighted by Gasteiger charge is 2.38. The molecule has 1 aliphatic carbocycles. The molecule has 0 spiro atoms. The predicted molar refractivity (Wildman–Crippen MR) is 112 cm³/mol. The Hall–Kier alpha value is -1.63. The zero-order chi connectivity index (χ0) is 19.7. The summed E-state index contributed by atoms with van der Waals surface area (Å²) in [5, 5.41) is 3.86. The minimum absolute atomic E-state index is 0.134. The van der Waals surface area contributed by atoms with Gasteiger partial charge in [0.1, 0.15) is 10.4 Å². The number of carbonyl (C=O) groups is 2. The number of anilines is 1. The van der Waals surface area contributed by atoms with Crippen LogP contribution in [0.25, 0.3) is 0 Å². The van der Waals surface area contributed by atoms with Crippen molar-refractivity contribution in [3.05, 3.63) is 44.9 Å². The van der Waals surface area contributed by atoms with E-state index in [2.05, 4.69) is 10.3 Å². The van der Waals surface area contributed by atoms with Crippen molar-refractivity contribution in [1.29, 1.82) is 0 Å². The highest BCUT2D eigenvalue weighted by molar-refractivity contribution is 7.19. The van der Waals surface area contributed by atoms with Gasteiger partial charge in [0.2, 0.25) is 5.91 Å². The molecule has 4 rings (SSSR count). The van der Waals surface area contributed by atoms with Gasteiger partial charge in [0.05, 0.1) is 6.20 Å². The number of rotatable bonds is 5. The van der Waals surface area contributed by atoms with Crippen molar-refractivity contribution < 1.29 is 9.59 Å². The molecular weight excluding hydrogens is 417 g/mol. The van der Waals surface area contributed by atoms with E-state index in [1.165, 1.54) is 36.8 Å². The highest BCUT2D eigenvalue weighted by Crippen LogP contribution is 2.35. The van der Waals surface area contributed by atoms with Gasteiger partial charge in [-0.25, -0.2) is 4.98 Å². The van der Waals surface area contributed by atoms with Crippen LogP contribution in [0.3, 0.4) is 0 Å². The average Bonchev–Trinajstić information content (AvgIpc) is 3.25. The summed E-state index contributed by atoms with van der Waals surface area (Å²) in [4.78, 5) is 32.0. The van der Waals surface area contributed by atoms with Crippen LogP contribution in [0.5, 0.6) is 0 Å². The van der Waals surface area contributed by atoms with Gasteiger partial charge < -0.3 is 10.2 Å². The van der Waals surface area contributed by atoms with Crippen molar-refractivity contribution in [1.82, 2.24) is 9.88 Å². The molecule has 2 aliphatic rings. The Morgan fingerprint density at radius 1 is 1.29 bits per heavy atom. The third-order valence-corrected chi connectivity index (χ3v) is 6.99. The molecule has 5 nitrogen and oxygen atoms in total. The second kappa shape index (κ2) is 8.39. The summed E-state index contributed by atoms with van der Waals surface area (Å²) in [6.07, 6.45) is 7.97. The van der Waals surface area contributed by atoms with Crippen LogP contribution in [0.15, 0.2) is 24.4 Å². The lowest BCUT2D eigenvalue weighted by atomic mass is 9.84. The first kappa shape index (κ1) is 19.7. The Kier molecular flexibility index (Phi) is 5.90. The molecule has 2 aromatic rings. The van der Waals surface area contributed by atoms with Gasteiger partial charge in [0.15, 0.2) is 5.13 Å². The second-order valence-corrected chi connectivity index (χ2v) is 9.48. The lowest BCUT2D eigenvalue weighted by Gasteiger charge is -2.31. The molecule has 1 N–H and O–H groups in total. The van der Waals surface area contributed by atoms with Crippen LogP contribution in [-0.2, 0) is 11.3 Å². The number of benzene rings is 1. The fraction of sp³-hybridized carbons (Fsp3) is 0.450. The van der Waals surface area contributed by atoms with Crippen LogP contribution in [0, 0.1) is 5.92 Å². The summed E-state index contributed by atoms with van der Waals surface area (Å²) in [5.74, 6) is 0.0934. The van der Waals surface area contributed by atoms with Crippen LogP contribution in [0.1, 0.15) is 54.4 Å². The molecule has 2 heterocycles. The van der Waals surface area contributed by atoms with Gasteiger partial charge in [-0.2, -0.15) is 0 Å². The van der Waals surface area contributed by atoms with E-state index < -0.39 is 6.04 Å². The van der Waals surface area contributed by atoms with Crippen molar-refractivity contribution >= 4 is 51.5 Å². The number of amides is 2. The highest BCUT2D eigenvalue weighted by atomic mass is 35.5. The molecule has 0 unspecified atom stereocenters. The summed E-state index contributed by atoms with van der Waals surface area (Å²) >= 11 is 13.5. The molecule has 148 valence electrons. The van der Waals surface area contributed by atoms with Crippen molar-refractivity contribution in [3.63, 3.8) is 0 Å². The third-order valence-electron chi connectivity index (χ3n) is 5.61. The summed E-state index contributed by atoms with van der Waals surface area (Å²) < 4.78 is 0.510. The van der Waals surface area contributed by atoms with Crippen LogP contribution >= 0.6 is 34.5 Å². The van der Waals surface area contributed by atoms with E-state index in [0.717, 1.165) is 18.4 Å². The van der Waals surface area contributed by atoms with Crippen LogP contribution in [-0.4, -0.2) is 27.7 Å². The number of halogens is 2. The van der Waals surface area contributed by atoms with E-state index in [-0.39, 0.29) is 11.8 Å². The van der Waals surface area contributed by atoms with E-state index in [9.17, 15) is 9.59 Å². The normalized spacial score (nSPS) is 18.2. The van der Waals surface area contributed by atoms with Crippen LogP contribution in [0.4, 0.5) is 5.13 Å². The molecule has 1 aromatic heterocycles. The maximum Gasteiger partial charge on any atom is 0.255 e. The summed E-state index contributed by atoms with van der Waals surface area (Å²) in [5.41, 5.74) is 1.39. The second-order valence-electron chi connectivity index (χ2n) is 7.41. The monoisotopic (exact) mass is 437 g/mol.